The molecule has 1 atom stereocenters. The summed E-state index contributed by atoms with van der Waals surface area (Å²) in [5.74, 6) is -0.887. The van der Waals surface area contributed by atoms with Crippen LogP contribution >= 0.6 is 12.6 Å². The fourth-order valence-corrected chi connectivity index (χ4v) is 1.35. The molecule has 1 N–H and O–H groups in total. The fraction of sp³-hybridized carbons (Fsp3) is 0.250. The predicted octanol–water partition coefficient (Wildman–Crippen LogP) is 3.17. The van der Waals surface area contributed by atoms with Gasteiger partial charge in [-0.1, -0.05) is 24.3 Å². The lowest BCUT2D eigenvalue weighted by Crippen LogP contribution is -1.95. The summed E-state index contributed by atoms with van der Waals surface area (Å²) in [5, 5.41) is 8.90. The second kappa shape index (κ2) is 5.03. The Kier molecular flexibility index (Phi) is 3.97. The molecule has 1 unspecified atom stereocenters. The molecule has 0 fully saturated rings. The van der Waals surface area contributed by atoms with Crippen molar-refractivity contribution in [3.05, 3.63) is 41.0 Å². The molecule has 0 aliphatic rings. The van der Waals surface area contributed by atoms with Gasteiger partial charge in [-0.25, -0.2) is 4.79 Å². The molecular formula is C12H14O2S. The Morgan fingerprint density at radius 2 is 1.93 bits per heavy atom. The van der Waals surface area contributed by atoms with E-state index in [1.807, 2.05) is 31.2 Å². The van der Waals surface area contributed by atoms with Gasteiger partial charge in [0.25, 0.3) is 0 Å². The molecular weight excluding hydrogens is 208 g/mol. The number of hydrogen-bond donors (Lipinski definition) is 2. The van der Waals surface area contributed by atoms with Crippen LogP contribution in [0.1, 0.15) is 30.2 Å². The van der Waals surface area contributed by atoms with Crippen LogP contribution in [0.4, 0.5) is 0 Å². The Morgan fingerprint density at radius 3 is 2.33 bits per heavy atom. The van der Waals surface area contributed by atoms with Gasteiger partial charge in [-0.15, -0.1) is 0 Å². The largest absolute Gasteiger partial charge is 0.478 e. The van der Waals surface area contributed by atoms with Crippen LogP contribution in [-0.2, 0) is 4.79 Å². The van der Waals surface area contributed by atoms with E-state index in [2.05, 4.69) is 12.6 Å². The predicted molar refractivity (Wildman–Crippen MR) is 65.1 cm³/mol. The minimum Gasteiger partial charge on any atom is -0.478 e. The molecule has 0 saturated carbocycles. The molecule has 1 aromatic rings. The smallest absolute Gasteiger partial charge is 0.331 e. The van der Waals surface area contributed by atoms with Crippen LogP contribution in [0, 0.1) is 0 Å². The van der Waals surface area contributed by atoms with Gasteiger partial charge in [0.15, 0.2) is 0 Å². The van der Waals surface area contributed by atoms with Gasteiger partial charge in [-0.3, -0.25) is 0 Å². The quantitative estimate of drug-likeness (QED) is 0.609. The highest BCUT2D eigenvalue weighted by atomic mass is 32.1. The first kappa shape index (κ1) is 11.9. The number of carbonyl (C=O) groups is 1. The number of rotatable bonds is 3. The van der Waals surface area contributed by atoms with Gasteiger partial charge in [0.05, 0.1) is 0 Å². The lowest BCUT2D eigenvalue weighted by Gasteiger charge is -2.04. The molecule has 2 nitrogen and oxygen atoms in total. The highest BCUT2D eigenvalue weighted by Gasteiger charge is 2.01. The van der Waals surface area contributed by atoms with Crippen molar-refractivity contribution in [1.29, 1.82) is 0 Å². The van der Waals surface area contributed by atoms with Crippen LogP contribution in [0.15, 0.2) is 29.8 Å². The molecule has 0 aliphatic heterocycles. The number of benzene rings is 1. The van der Waals surface area contributed by atoms with Gasteiger partial charge in [0.1, 0.15) is 0 Å². The topological polar surface area (TPSA) is 37.3 Å². The molecule has 0 aliphatic carbocycles. The van der Waals surface area contributed by atoms with E-state index in [1.165, 1.54) is 0 Å². The average molecular weight is 222 g/mol. The van der Waals surface area contributed by atoms with Crippen molar-refractivity contribution in [3.8, 4) is 0 Å². The Hall–Kier alpha value is -1.22. The van der Waals surface area contributed by atoms with Crippen molar-refractivity contribution in [2.24, 2.45) is 0 Å². The molecule has 0 heterocycles. The van der Waals surface area contributed by atoms with Gasteiger partial charge in [0, 0.05) is 10.8 Å². The van der Waals surface area contributed by atoms with Crippen LogP contribution in [0.2, 0.25) is 0 Å². The molecule has 1 aromatic carbocycles. The molecule has 0 amide bonds. The molecule has 15 heavy (non-hydrogen) atoms. The minimum atomic E-state index is -0.887. The molecule has 3 heteroatoms. The fourth-order valence-electron chi connectivity index (χ4n) is 1.18. The van der Waals surface area contributed by atoms with E-state index in [1.54, 1.807) is 13.0 Å². The van der Waals surface area contributed by atoms with Crippen molar-refractivity contribution in [1.82, 2.24) is 0 Å². The molecule has 1 rings (SSSR count). The molecule has 0 saturated heterocycles. The van der Waals surface area contributed by atoms with Gasteiger partial charge >= 0.3 is 5.97 Å². The van der Waals surface area contributed by atoms with E-state index < -0.39 is 5.97 Å². The number of hydrogen-bond acceptors (Lipinski definition) is 2. The van der Waals surface area contributed by atoms with Crippen LogP contribution in [0.25, 0.3) is 6.08 Å². The minimum absolute atomic E-state index is 0.198. The SMILES string of the molecule is C/C(=C\c1ccc(C(C)S)cc1)C(=O)O. The zero-order valence-electron chi connectivity index (χ0n) is 8.77. The lowest BCUT2D eigenvalue weighted by atomic mass is 10.1. The Bertz CT molecular complexity index is 377. The second-order valence-corrected chi connectivity index (χ2v) is 4.25. The van der Waals surface area contributed by atoms with Crippen LogP contribution < -0.4 is 0 Å². The second-order valence-electron chi connectivity index (χ2n) is 3.48. The zero-order valence-corrected chi connectivity index (χ0v) is 9.66. The summed E-state index contributed by atoms with van der Waals surface area (Å²) in [6.07, 6.45) is 1.65. The summed E-state index contributed by atoms with van der Waals surface area (Å²) >= 11 is 4.31. The van der Waals surface area contributed by atoms with E-state index in [4.69, 9.17) is 5.11 Å². The summed E-state index contributed by atoms with van der Waals surface area (Å²) in [4.78, 5) is 10.6. The Balaban J connectivity index is 2.90. The van der Waals surface area contributed by atoms with Crippen LogP contribution in [0.3, 0.4) is 0 Å². The highest BCUT2D eigenvalue weighted by molar-refractivity contribution is 7.80. The van der Waals surface area contributed by atoms with Gasteiger partial charge in [-0.05, 0) is 31.1 Å². The van der Waals surface area contributed by atoms with Gasteiger partial charge in [0.2, 0.25) is 0 Å². The Morgan fingerprint density at radius 1 is 1.40 bits per heavy atom. The Labute approximate surface area is 95.0 Å². The zero-order chi connectivity index (χ0) is 11.4. The number of aliphatic carboxylic acids is 1. The van der Waals surface area contributed by atoms with Crippen LogP contribution in [-0.4, -0.2) is 11.1 Å². The lowest BCUT2D eigenvalue weighted by molar-refractivity contribution is -0.132. The molecule has 0 spiro atoms. The van der Waals surface area contributed by atoms with Gasteiger partial charge in [-0.2, -0.15) is 12.6 Å². The average Bonchev–Trinajstić information content (AvgIpc) is 2.18. The van der Waals surface area contributed by atoms with Crippen molar-refractivity contribution in [2.45, 2.75) is 19.1 Å². The molecule has 0 radical (unpaired) electrons. The normalized spacial score (nSPS) is 13.7. The highest BCUT2D eigenvalue weighted by Crippen LogP contribution is 2.19. The first-order valence-electron chi connectivity index (χ1n) is 4.70. The van der Waals surface area contributed by atoms with E-state index in [0.717, 1.165) is 11.1 Å². The van der Waals surface area contributed by atoms with E-state index >= 15 is 0 Å². The standard InChI is InChI=1S/C12H14O2S/c1-8(12(13)14)7-10-3-5-11(6-4-10)9(2)15/h3-7,9,15H,1-2H3,(H,13,14)/b8-7+. The first-order valence-corrected chi connectivity index (χ1v) is 5.22. The van der Waals surface area contributed by atoms with E-state index in [-0.39, 0.29) is 5.25 Å². The van der Waals surface area contributed by atoms with Gasteiger partial charge < -0.3 is 5.11 Å². The van der Waals surface area contributed by atoms with Crippen molar-refractivity contribution in [2.75, 3.05) is 0 Å². The maximum atomic E-state index is 10.6. The summed E-state index contributed by atoms with van der Waals surface area (Å²) in [5.41, 5.74) is 2.36. The number of thiol groups is 1. The summed E-state index contributed by atoms with van der Waals surface area (Å²) in [6, 6.07) is 7.71. The van der Waals surface area contributed by atoms with Crippen molar-refractivity contribution < 1.29 is 9.90 Å². The third-order valence-corrected chi connectivity index (χ3v) is 2.44. The summed E-state index contributed by atoms with van der Waals surface area (Å²) in [6.45, 7) is 3.58. The number of carboxylic acid groups (broad SMARTS) is 1. The van der Waals surface area contributed by atoms with Crippen molar-refractivity contribution >= 4 is 24.7 Å². The first-order chi connectivity index (χ1) is 7.00. The molecule has 0 aromatic heterocycles. The third kappa shape index (κ3) is 3.44. The number of carboxylic acids is 1. The van der Waals surface area contributed by atoms with E-state index in [9.17, 15) is 4.79 Å². The van der Waals surface area contributed by atoms with Crippen molar-refractivity contribution in [3.63, 3.8) is 0 Å². The summed E-state index contributed by atoms with van der Waals surface area (Å²) in [7, 11) is 0. The van der Waals surface area contributed by atoms with Crippen LogP contribution in [0.5, 0.6) is 0 Å². The maximum absolute atomic E-state index is 10.6. The summed E-state index contributed by atoms with van der Waals surface area (Å²) < 4.78 is 0. The monoisotopic (exact) mass is 222 g/mol. The molecule has 80 valence electrons. The van der Waals surface area contributed by atoms with E-state index in [0.29, 0.717) is 5.57 Å². The maximum Gasteiger partial charge on any atom is 0.331 e. The third-order valence-electron chi connectivity index (χ3n) is 2.14. The molecule has 0 bridgehead atoms.